The van der Waals surface area contributed by atoms with Gasteiger partial charge in [0.1, 0.15) is 5.75 Å². The first-order valence-electron chi connectivity index (χ1n) is 9.10. The molecule has 1 amide bonds. The van der Waals surface area contributed by atoms with E-state index in [4.69, 9.17) is 16.3 Å². The van der Waals surface area contributed by atoms with Crippen LogP contribution in [0.15, 0.2) is 47.4 Å². The number of unbranched alkanes of at least 4 members (excludes halogenated alkanes) is 2. The summed E-state index contributed by atoms with van der Waals surface area (Å²) in [7, 11) is -3.74. The highest BCUT2D eigenvalue weighted by Gasteiger charge is 2.16. The van der Waals surface area contributed by atoms with E-state index in [1.807, 2.05) is 0 Å². The zero-order valence-corrected chi connectivity index (χ0v) is 17.6. The van der Waals surface area contributed by atoms with Gasteiger partial charge in [0.15, 0.2) is 6.61 Å². The summed E-state index contributed by atoms with van der Waals surface area (Å²) in [5.41, 5.74) is 1.04. The molecule has 0 atom stereocenters. The van der Waals surface area contributed by atoms with Crippen molar-refractivity contribution in [3.05, 3.63) is 53.1 Å². The van der Waals surface area contributed by atoms with Crippen LogP contribution in [0.5, 0.6) is 5.75 Å². The fourth-order valence-corrected chi connectivity index (χ4v) is 3.75. The van der Waals surface area contributed by atoms with E-state index in [1.165, 1.54) is 12.1 Å². The summed E-state index contributed by atoms with van der Waals surface area (Å²) in [6, 6.07) is 10.9. The van der Waals surface area contributed by atoms with Gasteiger partial charge >= 0.3 is 0 Å². The second-order valence-corrected chi connectivity index (χ2v) is 8.50. The molecule has 0 radical (unpaired) electrons. The predicted octanol–water partition coefficient (Wildman–Crippen LogP) is 4.13. The van der Waals surface area contributed by atoms with Crippen molar-refractivity contribution in [3.63, 3.8) is 0 Å². The third-order valence-corrected chi connectivity index (χ3v) is 5.65. The molecule has 0 aliphatic rings. The predicted molar refractivity (Wildman–Crippen MR) is 111 cm³/mol. The molecule has 0 bridgehead atoms. The van der Waals surface area contributed by atoms with Gasteiger partial charge in [0.25, 0.3) is 15.9 Å². The largest absolute Gasteiger partial charge is 0.484 e. The lowest BCUT2D eigenvalue weighted by Crippen LogP contribution is -2.29. The van der Waals surface area contributed by atoms with E-state index in [-0.39, 0.29) is 17.4 Å². The molecule has 2 aromatic rings. The second-order valence-electron chi connectivity index (χ2n) is 6.39. The van der Waals surface area contributed by atoms with Gasteiger partial charge in [-0.1, -0.05) is 31.4 Å². The van der Waals surface area contributed by atoms with Crippen LogP contribution < -0.4 is 14.8 Å². The van der Waals surface area contributed by atoms with E-state index in [1.54, 1.807) is 37.3 Å². The normalized spacial score (nSPS) is 11.1. The van der Waals surface area contributed by atoms with E-state index >= 15 is 0 Å². The number of rotatable bonds is 10. The van der Waals surface area contributed by atoms with Crippen LogP contribution in [0.3, 0.4) is 0 Å². The maximum Gasteiger partial charge on any atom is 0.261 e. The molecule has 0 aliphatic carbocycles. The summed E-state index contributed by atoms with van der Waals surface area (Å²) in [6.07, 6.45) is 3.10. The Balaban J connectivity index is 1.97. The Kier molecular flexibility index (Phi) is 8.14. The number of hydrogen-bond donors (Lipinski definition) is 2. The number of hydrogen-bond acceptors (Lipinski definition) is 4. The fraction of sp³-hybridized carbons (Fsp3) is 0.350. The number of anilines is 1. The summed E-state index contributed by atoms with van der Waals surface area (Å²) < 4.78 is 33.1. The Hall–Kier alpha value is -2.25. The van der Waals surface area contributed by atoms with Gasteiger partial charge in [-0.3, -0.25) is 9.52 Å². The number of carbonyl (C=O) groups is 1. The van der Waals surface area contributed by atoms with E-state index < -0.39 is 10.0 Å². The molecule has 0 aromatic heterocycles. The summed E-state index contributed by atoms with van der Waals surface area (Å²) in [4.78, 5) is 11.9. The zero-order chi connectivity index (χ0) is 20.6. The average Bonchev–Trinajstić information content (AvgIpc) is 2.66. The third kappa shape index (κ3) is 6.73. The molecule has 0 spiro atoms. The molecule has 2 rings (SSSR count). The van der Waals surface area contributed by atoms with E-state index in [9.17, 15) is 13.2 Å². The van der Waals surface area contributed by atoms with Crippen molar-refractivity contribution in [2.24, 2.45) is 0 Å². The lowest BCUT2D eigenvalue weighted by molar-refractivity contribution is -0.123. The van der Waals surface area contributed by atoms with Gasteiger partial charge in [-0.2, -0.15) is 0 Å². The molecule has 8 heteroatoms. The number of benzene rings is 2. The molecule has 2 aromatic carbocycles. The highest BCUT2D eigenvalue weighted by atomic mass is 35.5. The molecule has 6 nitrogen and oxygen atoms in total. The maximum atomic E-state index is 12.5. The lowest BCUT2D eigenvalue weighted by atomic mass is 10.2. The molecule has 0 unspecified atom stereocenters. The lowest BCUT2D eigenvalue weighted by Gasteiger charge is -2.12. The standard InChI is InChI=1S/C20H25ClN2O4S/c1-3-4-5-12-22-20(24)14-27-19-11-10-18(13-15(19)2)28(25,26)23-17-8-6-16(21)7-9-17/h6-11,13,23H,3-5,12,14H2,1-2H3,(H,22,24). The summed E-state index contributed by atoms with van der Waals surface area (Å²) >= 11 is 5.81. The topological polar surface area (TPSA) is 84.5 Å². The number of halogens is 1. The minimum atomic E-state index is -3.74. The second kappa shape index (κ2) is 10.3. The van der Waals surface area contributed by atoms with Crippen LogP contribution in [0, 0.1) is 6.92 Å². The van der Waals surface area contributed by atoms with Crippen molar-refractivity contribution in [1.29, 1.82) is 0 Å². The van der Waals surface area contributed by atoms with E-state index in [2.05, 4.69) is 17.0 Å². The Bertz CT molecular complexity index is 899. The number of sulfonamides is 1. The van der Waals surface area contributed by atoms with Crippen molar-refractivity contribution in [1.82, 2.24) is 5.32 Å². The van der Waals surface area contributed by atoms with Gasteiger partial charge in [0.2, 0.25) is 0 Å². The number of aryl methyl sites for hydroxylation is 1. The van der Waals surface area contributed by atoms with Gasteiger partial charge in [0, 0.05) is 17.3 Å². The van der Waals surface area contributed by atoms with Crippen LogP contribution in [0.25, 0.3) is 0 Å². The van der Waals surface area contributed by atoms with Gasteiger partial charge < -0.3 is 10.1 Å². The fourth-order valence-electron chi connectivity index (χ4n) is 2.48. The molecule has 28 heavy (non-hydrogen) atoms. The number of carbonyl (C=O) groups excluding carboxylic acids is 1. The molecule has 0 saturated heterocycles. The van der Waals surface area contributed by atoms with Crippen LogP contribution in [-0.4, -0.2) is 27.5 Å². The number of amides is 1. The van der Waals surface area contributed by atoms with Gasteiger partial charge in [0.05, 0.1) is 4.90 Å². The molecule has 0 saturated carbocycles. The molecular formula is C20H25ClN2O4S. The highest BCUT2D eigenvalue weighted by Crippen LogP contribution is 2.24. The van der Waals surface area contributed by atoms with E-state index in [0.29, 0.717) is 28.6 Å². The van der Waals surface area contributed by atoms with Gasteiger partial charge in [-0.25, -0.2) is 8.42 Å². The monoisotopic (exact) mass is 424 g/mol. The van der Waals surface area contributed by atoms with Gasteiger partial charge in [-0.05, 0) is 61.4 Å². The molecule has 2 N–H and O–H groups in total. The molecular weight excluding hydrogens is 400 g/mol. The van der Waals surface area contributed by atoms with Crippen molar-refractivity contribution < 1.29 is 17.9 Å². The Morgan fingerprint density at radius 2 is 1.82 bits per heavy atom. The first kappa shape index (κ1) is 22.0. The average molecular weight is 425 g/mol. The van der Waals surface area contributed by atoms with Crippen LogP contribution in [0.4, 0.5) is 5.69 Å². The van der Waals surface area contributed by atoms with Crippen LogP contribution in [0.1, 0.15) is 31.7 Å². The Labute approximate surface area is 171 Å². The van der Waals surface area contributed by atoms with E-state index in [0.717, 1.165) is 19.3 Å². The zero-order valence-electron chi connectivity index (χ0n) is 16.0. The summed E-state index contributed by atoms with van der Waals surface area (Å²) in [5, 5.41) is 3.32. The molecule has 0 aliphatic heterocycles. The van der Waals surface area contributed by atoms with Gasteiger partial charge in [-0.15, -0.1) is 0 Å². The van der Waals surface area contributed by atoms with Crippen LogP contribution >= 0.6 is 11.6 Å². The van der Waals surface area contributed by atoms with Crippen molar-refractivity contribution in [2.45, 2.75) is 38.0 Å². The molecule has 0 fully saturated rings. The summed E-state index contributed by atoms with van der Waals surface area (Å²) in [6.45, 7) is 4.35. The Morgan fingerprint density at radius 1 is 1.11 bits per heavy atom. The minimum Gasteiger partial charge on any atom is -0.484 e. The third-order valence-electron chi connectivity index (χ3n) is 4.01. The smallest absolute Gasteiger partial charge is 0.261 e. The SMILES string of the molecule is CCCCCNC(=O)COc1ccc(S(=O)(=O)Nc2ccc(Cl)cc2)cc1C. The molecule has 152 valence electrons. The van der Waals surface area contributed by atoms with Crippen LogP contribution in [-0.2, 0) is 14.8 Å². The summed E-state index contributed by atoms with van der Waals surface area (Å²) in [5.74, 6) is 0.269. The first-order chi connectivity index (χ1) is 13.3. The first-order valence-corrected chi connectivity index (χ1v) is 11.0. The Morgan fingerprint density at radius 3 is 2.46 bits per heavy atom. The van der Waals surface area contributed by atoms with Crippen molar-refractivity contribution in [2.75, 3.05) is 17.9 Å². The number of ether oxygens (including phenoxy) is 1. The highest BCUT2D eigenvalue weighted by molar-refractivity contribution is 7.92. The maximum absolute atomic E-state index is 12.5. The number of nitrogens with one attached hydrogen (secondary N) is 2. The van der Waals surface area contributed by atoms with Crippen LogP contribution in [0.2, 0.25) is 5.02 Å². The quantitative estimate of drug-likeness (QED) is 0.561. The van der Waals surface area contributed by atoms with Crippen molar-refractivity contribution in [3.8, 4) is 5.75 Å². The minimum absolute atomic E-state index is 0.108. The van der Waals surface area contributed by atoms with Crippen molar-refractivity contribution >= 4 is 33.2 Å². The molecule has 0 heterocycles.